The van der Waals surface area contributed by atoms with Gasteiger partial charge in [-0.2, -0.15) is 5.10 Å². The molecule has 0 radical (unpaired) electrons. The van der Waals surface area contributed by atoms with E-state index in [1.165, 1.54) is 12.3 Å². The highest BCUT2D eigenvalue weighted by atomic mass is 127. The highest BCUT2D eigenvalue weighted by molar-refractivity contribution is 14.1. The number of pyridine rings is 1. The fourth-order valence-electron chi connectivity index (χ4n) is 7.05. The molecular weight excluding hydrogens is 743 g/mol. The number of aromatic amines is 1. The number of ether oxygens (including phenoxy) is 2. The van der Waals surface area contributed by atoms with E-state index in [9.17, 15) is 44.1 Å². The molecule has 1 atom stereocenters. The van der Waals surface area contributed by atoms with Crippen molar-refractivity contribution in [2.45, 2.75) is 18.3 Å². The molecule has 48 heavy (non-hydrogen) atoms. The number of carbonyl (C=O) groups is 1. The zero-order valence-electron chi connectivity index (χ0n) is 25.1. The molecule has 1 aromatic carbocycles. The standard InChI is InChI=1S/C32H25IN4O11/c1-47-16-9-15(38)19-20(25(16)40)27(42)22-21(26(19)41)29(44)32(30(22)45)3-2-13-23(32)28(43)18-14(24(13)33)8-12(35-31(18)46)10-34-36-17(39)11-37-4-6-48-7-5-37/h8-10,43-45H,2-7,11H2,1H3,(H,35,46)(H,36,39)/b34-10+/t32-/m0/s1. The number of amides is 1. The SMILES string of the molecule is COc1cc(=O)c2c(=O)c3c(c(=O)c=2c1=O)=C(O)[C@]1(CCc2c1c(O)c1c(=O)[nH]c(/C=N/NC(=O)CN4CCOCC4)cc1c2I)C=3O. The summed E-state index contributed by atoms with van der Waals surface area (Å²) in [5, 5.41) is 36.2. The summed E-state index contributed by atoms with van der Waals surface area (Å²) in [4.78, 5) is 83.4. The first-order valence-corrected chi connectivity index (χ1v) is 15.8. The number of benzene rings is 1. The highest BCUT2D eigenvalue weighted by Crippen LogP contribution is 2.55. The lowest BCUT2D eigenvalue weighted by atomic mass is 9.78. The number of aromatic nitrogens is 1. The lowest BCUT2D eigenvalue weighted by Gasteiger charge is -2.27. The van der Waals surface area contributed by atoms with Crippen molar-refractivity contribution >= 4 is 57.0 Å². The molecule has 5 aliphatic rings. The van der Waals surface area contributed by atoms with Crippen LogP contribution in [0.25, 0.3) is 22.3 Å². The van der Waals surface area contributed by atoms with E-state index in [1.807, 2.05) is 27.5 Å². The molecule has 246 valence electrons. The number of H-pyrrole nitrogens is 1. The number of methoxy groups -OCH3 is 1. The van der Waals surface area contributed by atoms with Crippen LogP contribution >= 0.6 is 22.6 Å². The Balaban J connectivity index is 1.37. The molecule has 1 spiro atoms. The third kappa shape index (κ3) is 4.35. The Morgan fingerprint density at radius 1 is 1.04 bits per heavy atom. The molecule has 15 nitrogen and oxygen atoms in total. The van der Waals surface area contributed by atoms with Gasteiger partial charge in [-0.1, -0.05) is 0 Å². The maximum atomic E-state index is 13.7. The molecule has 16 heteroatoms. The number of nitrogens with one attached hydrogen (secondary N) is 2. The number of rotatable bonds is 5. The molecule has 1 amide bonds. The van der Waals surface area contributed by atoms with Gasteiger partial charge in [0.25, 0.3) is 11.5 Å². The Bertz CT molecular complexity index is 2620. The van der Waals surface area contributed by atoms with E-state index in [0.29, 0.717) is 40.8 Å². The second kappa shape index (κ2) is 11.3. The maximum Gasteiger partial charge on any atom is 0.260 e. The Morgan fingerprint density at radius 2 is 1.71 bits per heavy atom. The first-order valence-electron chi connectivity index (χ1n) is 14.7. The third-order valence-electron chi connectivity index (χ3n) is 9.24. The lowest BCUT2D eigenvalue weighted by Crippen LogP contribution is -2.51. The monoisotopic (exact) mass is 768 g/mol. The van der Waals surface area contributed by atoms with Crippen molar-refractivity contribution in [3.8, 4) is 11.5 Å². The Morgan fingerprint density at radius 3 is 2.38 bits per heavy atom. The zero-order valence-corrected chi connectivity index (χ0v) is 27.2. The first kappa shape index (κ1) is 31.6. The van der Waals surface area contributed by atoms with Gasteiger partial charge in [0.1, 0.15) is 22.7 Å². The maximum absolute atomic E-state index is 13.7. The van der Waals surface area contributed by atoms with Crippen LogP contribution in [0.2, 0.25) is 0 Å². The van der Waals surface area contributed by atoms with Gasteiger partial charge in [0.2, 0.25) is 16.3 Å². The van der Waals surface area contributed by atoms with E-state index in [-0.39, 0.29) is 41.9 Å². The summed E-state index contributed by atoms with van der Waals surface area (Å²) in [7, 11) is 1.11. The number of hydrogen-bond acceptors (Lipinski definition) is 13. The minimum absolute atomic E-state index is 0.0852. The van der Waals surface area contributed by atoms with Crippen molar-refractivity contribution < 1.29 is 29.6 Å². The fourth-order valence-corrected chi connectivity index (χ4v) is 8.02. The molecule has 0 bridgehead atoms. The van der Waals surface area contributed by atoms with Crippen LogP contribution in [0.15, 0.2) is 41.2 Å². The minimum Gasteiger partial charge on any atom is -0.510 e. The predicted molar refractivity (Wildman–Crippen MR) is 179 cm³/mol. The largest absolute Gasteiger partial charge is 0.510 e. The van der Waals surface area contributed by atoms with Gasteiger partial charge in [0, 0.05) is 33.7 Å². The quantitative estimate of drug-likeness (QED) is 0.0837. The predicted octanol–water partition coefficient (Wildman–Crippen LogP) is -2.10. The number of halogens is 1. The summed E-state index contributed by atoms with van der Waals surface area (Å²) in [5.74, 6) is -2.99. The van der Waals surface area contributed by atoms with Gasteiger partial charge >= 0.3 is 0 Å². The number of aromatic hydroxyl groups is 1. The van der Waals surface area contributed by atoms with Crippen molar-refractivity contribution in [2.75, 3.05) is 40.0 Å². The number of phenols is 1. The Labute approximate surface area is 280 Å². The summed E-state index contributed by atoms with van der Waals surface area (Å²) < 4.78 is 10.7. The molecule has 1 aromatic heterocycles. The van der Waals surface area contributed by atoms with E-state index in [4.69, 9.17) is 9.47 Å². The second-order valence-electron chi connectivity index (χ2n) is 11.7. The van der Waals surface area contributed by atoms with Crippen LogP contribution < -0.4 is 47.9 Å². The molecule has 0 unspecified atom stereocenters. The number of nitrogens with zero attached hydrogens (tertiary/aromatic N) is 2. The molecule has 2 heterocycles. The number of hydrazone groups is 1. The van der Waals surface area contributed by atoms with Crippen molar-refractivity contribution in [3.63, 3.8) is 0 Å². The summed E-state index contributed by atoms with van der Waals surface area (Å²) in [6, 6.07) is 2.31. The van der Waals surface area contributed by atoms with Gasteiger partial charge < -0.3 is 29.8 Å². The molecule has 1 fully saturated rings. The second-order valence-corrected chi connectivity index (χ2v) is 12.8. The van der Waals surface area contributed by atoms with E-state index in [1.54, 1.807) is 0 Å². The number of morpholine rings is 1. The van der Waals surface area contributed by atoms with E-state index >= 15 is 0 Å². The van der Waals surface area contributed by atoms with Crippen LogP contribution in [-0.4, -0.2) is 77.3 Å². The smallest absolute Gasteiger partial charge is 0.260 e. The number of fused-ring (bicyclic) bond motifs is 4. The normalized spacial score (nSPS) is 19.1. The van der Waals surface area contributed by atoms with E-state index in [0.717, 1.165) is 13.2 Å². The molecule has 0 saturated carbocycles. The molecule has 4 aliphatic carbocycles. The van der Waals surface area contributed by atoms with E-state index < -0.39 is 76.6 Å². The van der Waals surface area contributed by atoms with Gasteiger partial charge in [-0.15, -0.1) is 0 Å². The highest BCUT2D eigenvalue weighted by Gasteiger charge is 2.53. The van der Waals surface area contributed by atoms with Gasteiger partial charge in [-0.05, 0) is 47.1 Å². The van der Waals surface area contributed by atoms with Crippen LogP contribution in [0.1, 0.15) is 23.2 Å². The van der Waals surface area contributed by atoms with Crippen LogP contribution in [0.3, 0.4) is 0 Å². The number of aliphatic hydroxyl groups is 2. The van der Waals surface area contributed by atoms with Gasteiger partial charge in [0.15, 0.2) is 11.2 Å². The summed E-state index contributed by atoms with van der Waals surface area (Å²) in [6.07, 6.45) is 1.25. The summed E-state index contributed by atoms with van der Waals surface area (Å²) in [5.41, 5.74) is -4.09. The van der Waals surface area contributed by atoms with Gasteiger partial charge in [-0.3, -0.25) is 33.7 Å². The number of carbonyl (C=O) groups excluding carboxylic acids is 1. The number of aliphatic hydroxyl groups excluding tert-OH is 2. The van der Waals surface area contributed by atoms with Crippen molar-refractivity contribution in [1.82, 2.24) is 15.3 Å². The van der Waals surface area contributed by atoms with Crippen LogP contribution in [0.4, 0.5) is 0 Å². The molecular formula is C32H25IN4O11. The van der Waals surface area contributed by atoms with Crippen molar-refractivity contribution in [3.05, 3.63) is 105 Å². The Kier molecular flexibility index (Phi) is 7.48. The summed E-state index contributed by atoms with van der Waals surface area (Å²) in [6.45, 7) is 2.41. The summed E-state index contributed by atoms with van der Waals surface area (Å²) >= 11 is 1.96. The van der Waals surface area contributed by atoms with Gasteiger partial charge in [0.05, 0.1) is 65.0 Å². The van der Waals surface area contributed by atoms with Crippen molar-refractivity contribution in [1.29, 1.82) is 0 Å². The molecule has 1 saturated heterocycles. The Hall–Kier alpha value is -4.94. The van der Waals surface area contributed by atoms with Crippen molar-refractivity contribution in [2.24, 2.45) is 5.10 Å². The van der Waals surface area contributed by atoms with Crippen LogP contribution in [0, 0.1) is 14.0 Å². The number of hydrogen-bond donors (Lipinski definition) is 5. The minimum atomic E-state index is -2.01. The van der Waals surface area contributed by atoms with Gasteiger partial charge in [-0.25, -0.2) is 5.43 Å². The molecule has 2 aromatic rings. The van der Waals surface area contributed by atoms with Crippen LogP contribution in [0.5, 0.6) is 11.5 Å². The average molecular weight is 768 g/mol. The van der Waals surface area contributed by atoms with E-state index in [2.05, 4.69) is 15.5 Å². The number of phenolic OH excluding ortho intramolecular Hbond substituents is 1. The zero-order chi connectivity index (χ0) is 34.2. The fraction of sp³-hybridized carbons (Fsp3) is 0.281. The molecule has 1 aliphatic heterocycles. The average Bonchev–Trinajstić information content (AvgIpc) is 3.57. The van der Waals surface area contributed by atoms with Crippen LogP contribution in [-0.2, 0) is 21.4 Å². The topological polar surface area (TPSA) is 225 Å². The third-order valence-corrected chi connectivity index (χ3v) is 10.5. The molecule has 5 N–H and O–H groups in total. The first-order chi connectivity index (χ1) is 22.9. The lowest BCUT2D eigenvalue weighted by molar-refractivity contribution is -0.123. The molecule has 7 rings (SSSR count).